The second-order valence-corrected chi connectivity index (χ2v) is 4.27. The summed E-state index contributed by atoms with van der Waals surface area (Å²) in [4.78, 5) is 0. The molecule has 0 fully saturated rings. The van der Waals surface area contributed by atoms with Crippen LogP contribution in [0.1, 0.15) is 33.6 Å². The van der Waals surface area contributed by atoms with E-state index in [1.54, 1.807) is 0 Å². The Bertz CT molecular complexity index is 123. The van der Waals surface area contributed by atoms with E-state index in [-0.39, 0.29) is 12.2 Å². The van der Waals surface area contributed by atoms with Gasteiger partial charge in [0.15, 0.2) is 0 Å². The monoisotopic (exact) mass is 191 g/mol. The fourth-order valence-corrected chi connectivity index (χ4v) is 0.924. The van der Waals surface area contributed by atoms with Gasteiger partial charge in [0.25, 0.3) is 0 Å². The summed E-state index contributed by atoms with van der Waals surface area (Å²) in [7, 11) is 1.87. The lowest BCUT2D eigenvalue weighted by Gasteiger charge is -2.20. The lowest BCUT2D eigenvalue weighted by atomic mass is 10.2. The third kappa shape index (κ3) is 9.77. The van der Waals surface area contributed by atoms with Crippen LogP contribution in [-0.4, -0.2) is 32.0 Å². The van der Waals surface area contributed by atoms with E-state index in [1.165, 1.54) is 0 Å². The lowest BCUT2D eigenvalue weighted by Crippen LogP contribution is -2.24. The standard InChI is InChI=1S/C10H22FNO/c1-10(2,3)13-8-9(11)6-5-7-12-4/h9,12H,5-8H2,1-4H3. The molecule has 3 heteroatoms. The van der Waals surface area contributed by atoms with Crippen LogP contribution < -0.4 is 5.32 Å². The van der Waals surface area contributed by atoms with Crippen molar-refractivity contribution in [2.75, 3.05) is 20.2 Å². The molecule has 0 rings (SSSR count). The third-order valence-electron chi connectivity index (χ3n) is 1.64. The molecule has 0 heterocycles. The van der Waals surface area contributed by atoms with E-state index in [2.05, 4.69) is 5.32 Å². The first-order chi connectivity index (χ1) is 5.95. The van der Waals surface area contributed by atoms with Crippen molar-refractivity contribution >= 4 is 0 Å². The molecule has 0 radical (unpaired) electrons. The Balaban J connectivity index is 3.35. The van der Waals surface area contributed by atoms with E-state index < -0.39 is 6.17 Å². The van der Waals surface area contributed by atoms with E-state index in [0.717, 1.165) is 13.0 Å². The molecule has 1 N–H and O–H groups in total. The summed E-state index contributed by atoms with van der Waals surface area (Å²) in [5, 5.41) is 2.99. The number of hydrogen-bond acceptors (Lipinski definition) is 2. The van der Waals surface area contributed by atoms with Gasteiger partial charge in [-0.25, -0.2) is 4.39 Å². The maximum atomic E-state index is 13.1. The summed E-state index contributed by atoms with van der Waals surface area (Å²) in [6.45, 7) is 6.90. The highest BCUT2D eigenvalue weighted by Crippen LogP contribution is 2.10. The van der Waals surface area contributed by atoms with Gasteiger partial charge in [0.1, 0.15) is 6.17 Å². The molecular formula is C10H22FNO. The van der Waals surface area contributed by atoms with Gasteiger partial charge in [-0.2, -0.15) is 0 Å². The van der Waals surface area contributed by atoms with Gasteiger partial charge in [-0.3, -0.25) is 0 Å². The molecule has 0 bridgehead atoms. The van der Waals surface area contributed by atoms with Crippen molar-refractivity contribution in [2.24, 2.45) is 0 Å². The second kappa shape index (κ2) is 6.33. The van der Waals surface area contributed by atoms with Crippen LogP contribution in [0.2, 0.25) is 0 Å². The molecule has 0 aliphatic carbocycles. The molecule has 0 saturated heterocycles. The highest BCUT2D eigenvalue weighted by Gasteiger charge is 2.14. The van der Waals surface area contributed by atoms with Gasteiger partial charge < -0.3 is 10.1 Å². The Kier molecular flexibility index (Phi) is 6.25. The Morgan fingerprint density at radius 2 is 2.00 bits per heavy atom. The largest absolute Gasteiger partial charge is 0.373 e. The van der Waals surface area contributed by atoms with Crippen molar-refractivity contribution in [3.05, 3.63) is 0 Å². The van der Waals surface area contributed by atoms with Gasteiger partial charge in [-0.15, -0.1) is 0 Å². The number of nitrogens with one attached hydrogen (secondary N) is 1. The summed E-state index contributed by atoms with van der Waals surface area (Å²) in [6, 6.07) is 0. The minimum atomic E-state index is -0.826. The van der Waals surface area contributed by atoms with Crippen molar-refractivity contribution in [1.29, 1.82) is 0 Å². The van der Waals surface area contributed by atoms with Gasteiger partial charge >= 0.3 is 0 Å². The smallest absolute Gasteiger partial charge is 0.123 e. The summed E-state index contributed by atoms with van der Waals surface area (Å²) in [5.74, 6) is 0. The van der Waals surface area contributed by atoms with Crippen LogP contribution in [0, 0.1) is 0 Å². The molecule has 0 amide bonds. The number of hydrogen-bond donors (Lipinski definition) is 1. The van der Waals surface area contributed by atoms with Crippen LogP contribution in [0.4, 0.5) is 4.39 Å². The maximum Gasteiger partial charge on any atom is 0.123 e. The first kappa shape index (κ1) is 12.8. The van der Waals surface area contributed by atoms with E-state index in [9.17, 15) is 4.39 Å². The number of ether oxygens (including phenoxy) is 1. The molecule has 0 aromatic rings. The predicted molar refractivity (Wildman–Crippen MR) is 53.8 cm³/mol. The Labute approximate surface area is 80.9 Å². The molecular weight excluding hydrogens is 169 g/mol. The zero-order valence-electron chi connectivity index (χ0n) is 9.19. The maximum absolute atomic E-state index is 13.1. The molecule has 0 saturated carbocycles. The minimum absolute atomic E-state index is 0.215. The Morgan fingerprint density at radius 3 is 2.46 bits per heavy atom. The Hall–Kier alpha value is -0.150. The van der Waals surface area contributed by atoms with Crippen molar-refractivity contribution in [2.45, 2.75) is 45.4 Å². The van der Waals surface area contributed by atoms with Gasteiger partial charge in [-0.1, -0.05) is 0 Å². The predicted octanol–water partition coefficient (Wildman–Crippen LogP) is 2.14. The highest BCUT2D eigenvalue weighted by atomic mass is 19.1. The lowest BCUT2D eigenvalue weighted by molar-refractivity contribution is -0.0305. The first-order valence-corrected chi connectivity index (χ1v) is 4.88. The van der Waals surface area contributed by atoms with Crippen LogP contribution in [0.25, 0.3) is 0 Å². The fourth-order valence-electron chi connectivity index (χ4n) is 0.924. The first-order valence-electron chi connectivity index (χ1n) is 4.88. The molecule has 13 heavy (non-hydrogen) atoms. The number of alkyl halides is 1. The normalized spacial score (nSPS) is 14.5. The average Bonchev–Trinajstić information content (AvgIpc) is 2.00. The zero-order valence-corrected chi connectivity index (χ0v) is 9.19. The molecule has 1 unspecified atom stereocenters. The van der Waals surface area contributed by atoms with Crippen molar-refractivity contribution < 1.29 is 9.13 Å². The molecule has 0 aliphatic heterocycles. The van der Waals surface area contributed by atoms with Crippen molar-refractivity contribution in [3.63, 3.8) is 0 Å². The third-order valence-corrected chi connectivity index (χ3v) is 1.64. The van der Waals surface area contributed by atoms with Crippen LogP contribution >= 0.6 is 0 Å². The fraction of sp³-hybridized carbons (Fsp3) is 1.00. The topological polar surface area (TPSA) is 21.3 Å². The summed E-state index contributed by atoms with van der Waals surface area (Å²) < 4.78 is 18.4. The van der Waals surface area contributed by atoms with E-state index in [1.807, 2.05) is 27.8 Å². The van der Waals surface area contributed by atoms with Crippen LogP contribution in [-0.2, 0) is 4.74 Å². The number of rotatable bonds is 6. The van der Waals surface area contributed by atoms with Crippen molar-refractivity contribution in [1.82, 2.24) is 5.32 Å². The van der Waals surface area contributed by atoms with Crippen LogP contribution in [0.5, 0.6) is 0 Å². The van der Waals surface area contributed by atoms with Crippen LogP contribution in [0.3, 0.4) is 0 Å². The van der Waals surface area contributed by atoms with E-state index >= 15 is 0 Å². The molecule has 1 atom stereocenters. The minimum Gasteiger partial charge on any atom is -0.373 e. The van der Waals surface area contributed by atoms with Gasteiger partial charge in [0, 0.05) is 0 Å². The van der Waals surface area contributed by atoms with Gasteiger partial charge in [0.2, 0.25) is 0 Å². The Morgan fingerprint density at radius 1 is 1.38 bits per heavy atom. The molecule has 0 aliphatic rings. The van der Waals surface area contributed by atoms with E-state index in [0.29, 0.717) is 6.42 Å². The summed E-state index contributed by atoms with van der Waals surface area (Å²) >= 11 is 0. The second-order valence-electron chi connectivity index (χ2n) is 4.27. The molecule has 0 aromatic carbocycles. The molecule has 0 aromatic heterocycles. The zero-order chi connectivity index (χ0) is 10.3. The quantitative estimate of drug-likeness (QED) is 0.649. The van der Waals surface area contributed by atoms with Gasteiger partial charge in [-0.05, 0) is 47.2 Å². The van der Waals surface area contributed by atoms with E-state index in [4.69, 9.17) is 4.74 Å². The van der Waals surface area contributed by atoms with Crippen LogP contribution in [0.15, 0.2) is 0 Å². The summed E-state index contributed by atoms with van der Waals surface area (Å²) in [5.41, 5.74) is -0.229. The summed E-state index contributed by atoms with van der Waals surface area (Å²) in [6.07, 6.45) is 0.620. The molecule has 2 nitrogen and oxygen atoms in total. The average molecular weight is 191 g/mol. The number of halogens is 1. The van der Waals surface area contributed by atoms with Gasteiger partial charge in [0.05, 0.1) is 12.2 Å². The highest BCUT2D eigenvalue weighted by molar-refractivity contribution is 4.62. The van der Waals surface area contributed by atoms with Crippen molar-refractivity contribution in [3.8, 4) is 0 Å². The SMILES string of the molecule is CNCCCC(F)COC(C)(C)C. The molecule has 80 valence electrons. The molecule has 0 spiro atoms.